The maximum absolute atomic E-state index is 12.9. The second-order valence-corrected chi connectivity index (χ2v) is 4.10. The molecule has 1 atom stereocenters. The molecule has 1 aromatic rings. The summed E-state index contributed by atoms with van der Waals surface area (Å²) in [7, 11) is 0. The summed E-state index contributed by atoms with van der Waals surface area (Å²) >= 11 is 0. The fourth-order valence-electron chi connectivity index (χ4n) is 1.91. The van der Waals surface area contributed by atoms with E-state index in [1.807, 2.05) is 13.8 Å². The van der Waals surface area contributed by atoms with Gasteiger partial charge in [0.25, 0.3) is 0 Å². The van der Waals surface area contributed by atoms with Crippen LogP contribution in [0, 0.1) is 17.6 Å². The summed E-state index contributed by atoms with van der Waals surface area (Å²) < 4.78 is 25.6. The number of aliphatic hydroxyl groups excluding tert-OH is 1. The third kappa shape index (κ3) is 3.27. The molecule has 1 N–H and O–H groups in total. The molecule has 1 rings (SSSR count). The van der Waals surface area contributed by atoms with Crippen molar-refractivity contribution in [1.82, 2.24) is 0 Å². The molecule has 1 unspecified atom stereocenters. The smallest absolute Gasteiger partial charge is 0.159 e. The summed E-state index contributed by atoms with van der Waals surface area (Å²) in [6.07, 6.45) is 1.67. The van der Waals surface area contributed by atoms with Gasteiger partial charge in [-0.05, 0) is 30.0 Å². The maximum Gasteiger partial charge on any atom is 0.159 e. The Labute approximate surface area is 95.1 Å². The largest absolute Gasteiger partial charge is 0.392 e. The van der Waals surface area contributed by atoms with Crippen molar-refractivity contribution < 1.29 is 13.9 Å². The maximum atomic E-state index is 12.9. The monoisotopic (exact) mass is 228 g/mol. The van der Waals surface area contributed by atoms with Crippen molar-refractivity contribution in [2.45, 2.75) is 39.2 Å². The zero-order valence-corrected chi connectivity index (χ0v) is 9.71. The van der Waals surface area contributed by atoms with Crippen LogP contribution in [0.3, 0.4) is 0 Å². The van der Waals surface area contributed by atoms with Crippen LogP contribution in [0.4, 0.5) is 8.78 Å². The lowest BCUT2D eigenvalue weighted by atomic mass is 9.92. The number of aliphatic hydroxyl groups is 1. The van der Waals surface area contributed by atoms with Crippen molar-refractivity contribution >= 4 is 0 Å². The van der Waals surface area contributed by atoms with Gasteiger partial charge in [0.15, 0.2) is 11.6 Å². The van der Waals surface area contributed by atoms with E-state index < -0.39 is 17.7 Å². The molecule has 90 valence electrons. The molecule has 0 fully saturated rings. The quantitative estimate of drug-likeness (QED) is 0.819. The number of hydrogen-bond donors (Lipinski definition) is 1. The van der Waals surface area contributed by atoms with E-state index in [-0.39, 0.29) is 5.92 Å². The predicted octanol–water partition coefficient (Wildman–Crippen LogP) is 3.30. The highest BCUT2D eigenvalue weighted by Crippen LogP contribution is 2.18. The van der Waals surface area contributed by atoms with Gasteiger partial charge in [0.05, 0.1) is 6.10 Å². The molecule has 0 bridgehead atoms. The molecular weight excluding hydrogens is 210 g/mol. The second-order valence-electron chi connectivity index (χ2n) is 4.10. The van der Waals surface area contributed by atoms with Gasteiger partial charge in [0.2, 0.25) is 0 Å². The summed E-state index contributed by atoms with van der Waals surface area (Å²) in [5, 5.41) is 9.91. The minimum Gasteiger partial charge on any atom is -0.392 e. The summed E-state index contributed by atoms with van der Waals surface area (Å²) in [4.78, 5) is 0. The average molecular weight is 228 g/mol. The first-order chi connectivity index (χ1) is 7.58. The Hall–Kier alpha value is -0.960. The van der Waals surface area contributed by atoms with Gasteiger partial charge < -0.3 is 5.11 Å². The van der Waals surface area contributed by atoms with Crippen LogP contribution in [-0.4, -0.2) is 11.2 Å². The number of halogens is 2. The van der Waals surface area contributed by atoms with Gasteiger partial charge >= 0.3 is 0 Å². The Morgan fingerprint density at radius 2 is 1.75 bits per heavy atom. The lowest BCUT2D eigenvalue weighted by Gasteiger charge is -2.20. The Morgan fingerprint density at radius 1 is 1.12 bits per heavy atom. The van der Waals surface area contributed by atoms with Gasteiger partial charge in [0, 0.05) is 0 Å². The molecule has 0 aliphatic rings. The molecule has 0 aromatic heterocycles. The van der Waals surface area contributed by atoms with Crippen molar-refractivity contribution in [3.63, 3.8) is 0 Å². The van der Waals surface area contributed by atoms with Crippen LogP contribution in [0.5, 0.6) is 0 Å². The Bertz CT molecular complexity index is 335. The summed E-state index contributed by atoms with van der Waals surface area (Å²) in [6.45, 7) is 4.03. The highest BCUT2D eigenvalue weighted by atomic mass is 19.2. The van der Waals surface area contributed by atoms with Crippen molar-refractivity contribution in [2.24, 2.45) is 5.92 Å². The Balaban J connectivity index is 2.69. The molecule has 0 radical (unpaired) electrons. The molecule has 0 aliphatic carbocycles. The van der Waals surface area contributed by atoms with Gasteiger partial charge in [-0.25, -0.2) is 8.78 Å². The molecule has 0 spiro atoms. The molecule has 0 aliphatic heterocycles. The standard InChI is InChI=1S/C13H18F2O/c1-3-10(4-2)13(16)8-9-5-6-11(14)12(15)7-9/h5-7,10,13,16H,3-4,8H2,1-2H3. The SMILES string of the molecule is CCC(CC)C(O)Cc1ccc(F)c(F)c1. The van der Waals surface area contributed by atoms with Crippen LogP contribution in [-0.2, 0) is 6.42 Å². The topological polar surface area (TPSA) is 20.2 Å². The Kier molecular flexibility index (Phi) is 4.87. The average Bonchev–Trinajstić information content (AvgIpc) is 2.25. The van der Waals surface area contributed by atoms with Crippen LogP contribution in [0.2, 0.25) is 0 Å². The third-order valence-electron chi connectivity index (χ3n) is 3.02. The minimum atomic E-state index is -0.853. The number of benzene rings is 1. The number of hydrogen-bond acceptors (Lipinski definition) is 1. The second kappa shape index (κ2) is 5.94. The van der Waals surface area contributed by atoms with Crippen molar-refractivity contribution in [3.8, 4) is 0 Å². The zero-order valence-electron chi connectivity index (χ0n) is 9.71. The van der Waals surface area contributed by atoms with E-state index in [1.54, 1.807) is 0 Å². The van der Waals surface area contributed by atoms with Gasteiger partial charge in [-0.1, -0.05) is 32.8 Å². The first-order valence-electron chi connectivity index (χ1n) is 5.70. The van der Waals surface area contributed by atoms with Crippen LogP contribution < -0.4 is 0 Å². The first-order valence-corrected chi connectivity index (χ1v) is 5.70. The van der Waals surface area contributed by atoms with E-state index in [2.05, 4.69) is 0 Å². The van der Waals surface area contributed by atoms with E-state index in [0.717, 1.165) is 25.0 Å². The lowest BCUT2D eigenvalue weighted by molar-refractivity contribution is 0.103. The molecule has 1 aromatic carbocycles. The molecule has 0 saturated carbocycles. The minimum absolute atomic E-state index is 0.216. The molecule has 0 amide bonds. The predicted molar refractivity (Wildman–Crippen MR) is 60.1 cm³/mol. The third-order valence-corrected chi connectivity index (χ3v) is 3.02. The van der Waals surface area contributed by atoms with Crippen molar-refractivity contribution in [2.75, 3.05) is 0 Å². The van der Waals surface area contributed by atoms with Crippen LogP contribution in [0.15, 0.2) is 18.2 Å². The zero-order chi connectivity index (χ0) is 12.1. The van der Waals surface area contributed by atoms with E-state index >= 15 is 0 Å². The lowest BCUT2D eigenvalue weighted by Crippen LogP contribution is -2.21. The molecule has 3 heteroatoms. The van der Waals surface area contributed by atoms with Crippen molar-refractivity contribution in [3.05, 3.63) is 35.4 Å². The van der Waals surface area contributed by atoms with E-state index in [9.17, 15) is 13.9 Å². The highest BCUT2D eigenvalue weighted by Gasteiger charge is 2.16. The normalized spacial score (nSPS) is 13.1. The number of rotatable bonds is 5. The van der Waals surface area contributed by atoms with Gasteiger partial charge in [-0.15, -0.1) is 0 Å². The fraction of sp³-hybridized carbons (Fsp3) is 0.538. The van der Waals surface area contributed by atoms with E-state index in [4.69, 9.17) is 0 Å². The Morgan fingerprint density at radius 3 is 2.25 bits per heavy atom. The van der Waals surface area contributed by atoms with Gasteiger partial charge in [0.1, 0.15) is 0 Å². The van der Waals surface area contributed by atoms with Crippen LogP contribution in [0.1, 0.15) is 32.3 Å². The highest BCUT2D eigenvalue weighted by molar-refractivity contribution is 5.18. The summed E-state index contributed by atoms with van der Waals surface area (Å²) in [5.74, 6) is -1.48. The van der Waals surface area contributed by atoms with Gasteiger partial charge in [-0.3, -0.25) is 0 Å². The van der Waals surface area contributed by atoms with E-state index in [1.165, 1.54) is 6.07 Å². The van der Waals surface area contributed by atoms with Crippen LogP contribution in [0.25, 0.3) is 0 Å². The van der Waals surface area contributed by atoms with Crippen molar-refractivity contribution in [1.29, 1.82) is 0 Å². The summed E-state index contributed by atoms with van der Waals surface area (Å²) in [5.41, 5.74) is 0.637. The molecule has 16 heavy (non-hydrogen) atoms. The van der Waals surface area contributed by atoms with E-state index in [0.29, 0.717) is 12.0 Å². The molecule has 0 saturated heterocycles. The van der Waals surface area contributed by atoms with Gasteiger partial charge in [-0.2, -0.15) is 0 Å². The fourth-order valence-corrected chi connectivity index (χ4v) is 1.91. The van der Waals surface area contributed by atoms with Crippen LogP contribution >= 0.6 is 0 Å². The first kappa shape index (κ1) is 13.1. The molecule has 1 nitrogen and oxygen atoms in total. The molecular formula is C13H18F2O. The molecule has 0 heterocycles. The summed E-state index contributed by atoms with van der Waals surface area (Å²) in [6, 6.07) is 3.77.